The van der Waals surface area contributed by atoms with Crippen molar-refractivity contribution < 1.29 is 39.1 Å². The Kier molecular flexibility index (Phi) is 6.47. The van der Waals surface area contributed by atoms with E-state index < -0.39 is 47.3 Å². The molecule has 1 aliphatic rings. The first-order valence-electron chi connectivity index (χ1n) is 8.70. The van der Waals surface area contributed by atoms with Gasteiger partial charge in [-0.1, -0.05) is 5.16 Å². The maximum Gasteiger partial charge on any atom is 0.344 e. The molecule has 1 saturated heterocycles. The number of anilines is 1. The van der Waals surface area contributed by atoms with Gasteiger partial charge in [0.2, 0.25) is 6.61 Å². The maximum absolute atomic E-state index is 12.8. The van der Waals surface area contributed by atoms with Crippen molar-refractivity contribution in [3.63, 3.8) is 0 Å². The number of nitrogens with zero attached hydrogens (tertiary/aromatic N) is 3. The number of carbonyl (C=O) groups excluding carboxylic acids is 2. The van der Waals surface area contributed by atoms with Gasteiger partial charge in [0.15, 0.2) is 22.2 Å². The minimum atomic E-state index is -1.64. The second kappa shape index (κ2) is 8.36. The van der Waals surface area contributed by atoms with E-state index in [0.717, 1.165) is 16.4 Å². The molecule has 1 aliphatic heterocycles. The second-order valence-corrected chi connectivity index (χ2v) is 8.44. The van der Waals surface area contributed by atoms with Crippen LogP contribution in [0.3, 0.4) is 0 Å². The molecule has 1 fully saturated rings. The number of carbonyl (C=O) groups is 4. The third-order valence-corrected chi connectivity index (χ3v) is 5.14. The summed E-state index contributed by atoms with van der Waals surface area (Å²) in [7, 11) is 0. The van der Waals surface area contributed by atoms with Gasteiger partial charge in [-0.05, 0) is 27.7 Å². The van der Waals surface area contributed by atoms with Crippen molar-refractivity contribution in [1.82, 2.24) is 10.0 Å². The van der Waals surface area contributed by atoms with Gasteiger partial charge in [0.1, 0.15) is 5.69 Å². The normalized spacial score (nSPS) is 18.7. The highest BCUT2D eigenvalue weighted by molar-refractivity contribution is 7.13. The van der Waals surface area contributed by atoms with Crippen LogP contribution in [0.4, 0.5) is 5.13 Å². The highest BCUT2D eigenvalue weighted by Gasteiger charge is 2.58. The monoisotopic (exact) mass is 442 g/mol. The van der Waals surface area contributed by atoms with Crippen LogP contribution in [0.25, 0.3) is 0 Å². The van der Waals surface area contributed by atoms with Crippen LogP contribution in [-0.2, 0) is 28.9 Å². The van der Waals surface area contributed by atoms with Crippen molar-refractivity contribution in [3.8, 4) is 0 Å². The Bertz CT molecular complexity index is 907. The second-order valence-electron chi connectivity index (χ2n) is 7.55. The molecule has 0 aromatic carbocycles. The van der Waals surface area contributed by atoms with Gasteiger partial charge >= 0.3 is 11.9 Å². The van der Waals surface area contributed by atoms with Crippen molar-refractivity contribution in [2.24, 2.45) is 11.1 Å². The van der Waals surface area contributed by atoms with Crippen molar-refractivity contribution in [2.45, 2.75) is 45.3 Å². The van der Waals surface area contributed by atoms with Crippen molar-refractivity contribution in [3.05, 3.63) is 11.1 Å². The van der Waals surface area contributed by atoms with Gasteiger partial charge in [-0.2, -0.15) is 0 Å². The number of rotatable bonds is 10. The molecule has 0 radical (unpaired) electrons. The highest BCUT2D eigenvalue weighted by atomic mass is 32.1. The summed E-state index contributed by atoms with van der Waals surface area (Å²) in [4.78, 5) is 61.2. The Morgan fingerprint density at radius 3 is 2.47 bits per heavy atom. The summed E-state index contributed by atoms with van der Waals surface area (Å²) in [6, 6.07) is 0. The number of carboxylic acid groups (broad SMARTS) is 2. The third kappa shape index (κ3) is 4.74. The average Bonchev–Trinajstić information content (AvgIpc) is 3.06. The molecule has 12 nitrogen and oxygen atoms in total. The molecule has 1 aromatic heterocycles. The molecule has 164 valence electrons. The number of hydrogen-bond acceptors (Lipinski definition) is 10. The van der Waals surface area contributed by atoms with Gasteiger partial charge in [-0.25, -0.2) is 19.6 Å². The van der Waals surface area contributed by atoms with E-state index >= 15 is 0 Å². The largest absolute Gasteiger partial charge is 0.479 e. The first kappa shape index (κ1) is 23.2. The summed E-state index contributed by atoms with van der Waals surface area (Å²) in [5.41, 5.74) is 2.79. The minimum Gasteiger partial charge on any atom is -0.479 e. The summed E-state index contributed by atoms with van der Waals surface area (Å²) in [6.45, 7) is 5.09. The van der Waals surface area contributed by atoms with Crippen LogP contribution >= 0.6 is 11.3 Å². The Hall–Kier alpha value is -3.06. The molecule has 2 heterocycles. The van der Waals surface area contributed by atoms with Crippen LogP contribution in [0, 0.1) is 5.92 Å². The lowest BCUT2D eigenvalue weighted by molar-refractivity contribution is -0.303. The lowest BCUT2D eigenvalue weighted by Crippen LogP contribution is -2.70. The van der Waals surface area contributed by atoms with Gasteiger partial charge in [0.25, 0.3) is 5.91 Å². The molecule has 0 saturated carbocycles. The lowest BCUT2D eigenvalue weighted by atomic mass is 9.74. The van der Waals surface area contributed by atoms with Gasteiger partial charge in [-0.3, -0.25) is 14.4 Å². The van der Waals surface area contributed by atoms with Crippen LogP contribution in [0.5, 0.6) is 0 Å². The predicted octanol–water partition coefficient (Wildman–Crippen LogP) is 0.522. The van der Waals surface area contributed by atoms with Gasteiger partial charge in [0, 0.05) is 11.8 Å². The molecule has 0 unspecified atom stereocenters. The van der Waals surface area contributed by atoms with Gasteiger partial charge < -0.3 is 20.8 Å². The SMILES string of the molecule is CC(C)(ON1C(=O)[C@@H](CC(=O)/C(=N\OCC(=O)O)c2csc(N)n2)C1(C)C)C(=O)O. The number of hydroxylamine groups is 2. The lowest BCUT2D eigenvalue weighted by Gasteiger charge is -2.53. The van der Waals surface area contributed by atoms with E-state index in [4.69, 9.17) is 15.7 Å². The van der Waals surface area contributed by atoms with Crippen LogP contribution in [-0.4, -0.2) is 67.3 Å². The van der Waals surface area contributed by atoms with E-state index in [1.54, 1.807) is 13.8 Å². The zero-order valence-corrected chi connectivity index (χ0v) is 17.6. The molecule has 30 heavy (non-hydrogen) atoms. The van der Waals surface area contributed by atoms with Crippen LogP contribution in [0.15, 0.2) is 10.5 Å². The fraction of sp³-hybridized carbons (Fsp3) is 0.529. The number of carboxylic acids is 2. The van der Waals surface area contributed by atoms with Crippen molar-refractivity contribution >= 4 is 45.8 Å². The highest BCUT2D eigenvalue weighted by Crippen LogP contribution is 2.41. The zero-order valence-electron chi connectivity index (χ0n) is 16.7. The number of aliphatic carboxylic acids is 2. The topological polar surface area (TPSA) is 182 Å². The Labute approximate surface area is 175 Å². The quantitative estimate of drug-likeness (QED) is 0.262. The number of amides is 1. The molecule has 1 amide bonds. The Balaban J connectivity index is 2.18. The van der Waals surface area contributed by atoms with E-state index in [9.17, 15) is 24.3 Å². The zero-order chi connectivity index (χ0) is 22.9. The number of nitrogen functional groups attached to an aromatic ring is 1. The molecule has 4 N–H and O–H groups in total. The number of nitrogens with two attached hydrogens (primary N) is 1. The van der Waals surface area contributed by atoms with Crippen LogP contribution in [0.2, 0.25) is 0 Å². The van der Waals surface area contributed by atoms with E-state index in [-0.39, 0.29) is 23.0 Å². The number of ketones is 1. The number of oxime groups is 1. The number of aromatic nitrogens is 1. The van der Waals surface area contributed by atoms with Crippen molar-refractivity contribution in [2.75, 3.05) is 12.3 Å². The molecule has 0 aliphatic carbocycles. The van der Waals surface area contributed by atoms with E-state index in [0.29, 0.717) is 0 Å². The number of thiazole rings is 1. The van der Waals surface area contributed by atoms with Gasteiger partial charge in [-0.15, -0.1) is 11.3 Å². The van der Waals surface area contributed by atoms with E-state index in [1.165, 1.54) is 19.2 Å². The maximum atomic E-state index is 12.8. The summed E-state index contributed by atoms with van der Waals surface area (Å²) in [5, 5.41) is 24.0. The molecule has 1 atom stereocenters. The Morgan fingerprint density at radius 1 is 1.37 bits per heavy atom. The first-order valence-corrected chi connectivity index (χ1v) is 9.58. The number of β-lactam (4-membered cyclic amide) rings is 1. The van der Waals surface area contributed by atoms with Crippen molar-refractivity contribution in [1.29, 1.82) is 0 Å². The summed E-state index contributed by atoms with van der Waals surface area (Å²) >= 11 is 1.05. The fourth-order valence-electron chi connectivity index (χ4n) is 2.64. The molecule has 0 bridgehead atoms. The number of Topliss-reactive ketones (excluding diaryl/α,β-unsaturated/α-hetero) is 1. The Morgan fingerprint density at radius 2 is 2.00 bits per heavy atom. The number of hydrogen-bond donors (Lipinski definition) is 3. The first-order chi connectivity index (χ1) is 13.8. The van der Waals surface area contributed by atoms with Crippen LogP contribution < -0.4 is 5.73 Å². The minimum absolute atomic E-state index is 0.0950. The van der Waals surface area contributed by atoms with E-state index in [2.05, 4.69) is 15.0 Å². The summed E-state index contributed by atoms with van der Waals surface area (Å²) in [6.07, 6.45) is -0.300. The molecule has 1 aromatic rings. The average molecular weight is 442 g/mol. The molecule has 0 spiro atoms. The smallest absolute Gasteiger partial charge is 0.344 e. The predicted molar refractivity (Wildman–Crippen MR) is 103 cm³/mol. The summed E-state index contributed by atoms with van der Waals surface area (Å²) < 4.78 is 0. The van der Waals surface area contributed by atoms with Gasteiger partial charge in [0.05, 0.1) is 11.5 Å². The summed E-state index contributed by atoms with van der Waals surface area (Å²) in [5.74, 6) is -4.54. The third-order valence-electron chi connectivity index (χ3n) is 4.47. The molecular formula is C17H22N4O8S. The molecular weight excluding hydrogens is 420 g/mol. The van der Waals surface area contributed by atoms with E-state index in [1.807, 2.05) is 0 Å². The van der Waals surface area contributed by atoms with Crippen LogP contribution in [0.1, 0.15) is 39.8 Å². The molecule has 13 heteroatoms. The fourth-order valence-corrected chi connectivity index (χ4v) is 3.19. The standard InChI is InChI=1S/C17H22N4O8S/c1-16(2)8(13(25)21(16)29-17(3,4)14(26)27)5-10(22)12(20-28-6-11(23)24)9-7-30-15(18)19-9/h7-8H,5-6H2,1-4H3,(H2,18,19)(H,23,24)(H,26,27)/b20-12-/t8-/m1/s1. The molecule has 2 rings (SSSR count).